The lowest BCUT2D eigenvalue weighted by Gasteiger charge is -2.30. The second-order valence-corrected chi connectivity index (χ2v) is 5.35. The second-order valence-electron chi connectivity index (χ2n) is 5.35. The van der Waals surface area contributed by atoms with Crippen LogP contribution < -0.4 is 5.73 Å². The van der Waals surface area contributed by atoms with Crippen molar-refractivity contribution in [3.8, 4) is 0 Å². The fraction of sp³-hybridized carbons (Fsp3) is 0.538. The number of likely N-dealkylation sites (tertiary alicyclic amines) is 1. The number of amides is 1. The molecule has 0 atom stereocenters. The Bertz CT molecular complexity index is 626. The van der Waals surface area contributed by atoms with Gasteiger partial charge in [-0.3, -0.25) is 9.89 Å². The fourth-order valence-corrected chi connectivity index (χ4v) is 2.63. The van der Waals surface area contributed by atoms with Crippen LogP contribution >= 0.6 is 0 Å². The van der Waals surface area contributed by atoms with Crippen LogP contribution in [-0.2, 0) is 11.2 Å². The van der Waals surface area contributed by atoms with Crippen molar-refractivity contribution in [2.24, 2.45) is 0 Å². The lowest BCUT2D eigenvalue weighted by Crippen LogP contribution is -2.38. The number of nitrogens with one attached hydrogen (secondary N) is 1. The maximum atomic E-state index is 12.2. The lowest BCUT2D eigenvalue weighted by molar-refractivity contribution is -0.131. The number of nitrogens with two attached hydrogens (primary N) is 1. The zero-order chi connectivity index (χ0) is 14.8. The molecule has 0 aromatic carbocycles. The van der Waals surface area contributed by atoms with Gasteiger partial charge in [-0.1, -0.05) is 5.16 Å². The molecular weight excluding hydrogens is 272 g/mol. The Morgan fingerprint density at radius 3 is 2.86 bits per heavy atom. The first kappa shape index (κ1) is 13.6. The summed E-state index contributed by atoms with van der Waals surface area (Å²) in [7, 11) is 0. The minimum absolute atomic E-state index is 0.0710. The molecule has 1 aliphatic rings. The number of anilines is 1. The number of piperidine rings is 1. The molecule has 1 aliphatic heterocycles. The van der Waals surface area contributed by atoms with Crippen LogP contribution in [0.4, 0.5) is 5.95 Å². The number of carbonyl (C=O) groups excluding carboxylic acids is 1. The van der Waals surface area contributed by atoms with Crippen molar-refractivity contribution in [2.75, 3.05) is 18.8 Å². The minimum atomic E-state index is 0.0710. The standard InChI is InChI=1S/C13H18N6O2/c1-8-6-10(21-18-8)7-11(20)19-4-2-9(3-5-19)12-15-13(14)17-16-12/h6,9H,2-5,7H2,1H3,(H3,14,15,16,17). The second kappa shape index (κ2) is 5.55. The number of aromatic nitrogens is 4. The van der Waals surface area contributed by atoms with Gasteiger partial charge in [-0.05, 0) is 19.8 Å². The Labute approximate surface area is 121 Å². The van der Waals surface area contributed by atoms with Crippen molar-refractivity contribution in [2.45, 2.75) is 32.1 Å². The number of H-pyrrole nitrogens is 1. The minimum Gasteiger partial charge on any atom is -0.367 e. The summed E-state index contributed by atoms with van der Waals surface area (Å²) >= 11 is 0. The summed E-state index contributed by atoms with van der Waals surface area (Å²) in [6.45, 7) is 3.25. The highest BCUT2D eigenvalue weighted by molar-refractivity contribution is 5.78. The molecule has 112 valence electrons. The van der Waals surface area contributed by atoms with Gasteiger partial charge in [0.05, 0.1) is 12.1 Å². The Kier molecular flexibility index (Phi) is 3.59. The number of hydrogen-bond donors (Lipinski definition) is 2. The maximum absolute atomic E-state index is 12.2. The summed E-state index contributed by atoms with van der Waals surface area (Å²) in [5.41, 5.74) is 6.31. The Hall–Kier alpha value is -2.38. The molecule has 0 aliphatic carbocycles. The molecule has 2 aromatic heterocycles. The van der Waals surface area contributed by atoms with Crippen LogP contribution in [0.25, 0.3) is 0 Å². The van der Waals surface area contributed by atoms with E-state index >= 15 is 0 Å². The van der Waals surface area contributed by atoms with Crippen molar-refractivity contribution < 1.29 is 9.32 Å². The zero-order valence-electron chi connectivity index (χ0n) is 11.9. The van der Waals surface area contributed by atoms with E-state index in [-0.39, 0.29) is 24.2 Å². The third-order valence-corrected chi connectivity index (χ3v) is 3.76. The van der Waals surface area contributed by atoms with Crippen LogP contribution in [0, 0.1) is 6.92 Å². The topological polar surface area (TPSA) is 114 Å². The quantitative estimate of drug-likeness (QED) is 0.857. The van der Waals surface area contributed by atoms with Crippen LogP contribution in [0.1, 0.15) is 36.0 Å². The molecule has 0 radical (unpaired) electrons. The van der Waals surface area contributed by atoms with Gasteiger partial charge in [-0.15, -0.1) is 5.10 Å². The highest BCUT2D eigenvalue weighted by Gasteiger charge is 2.26. The first-order valence-electron chi connectivity index (χ1n) is 6.99. The number of nitrogens with zero attached hydrogens (tertiary/aromatic N) is 4. The SMILES string of the molecule is Cc1cc(CC(=O)N2CCC(c3nc(N)n[nH]3)CC2)on1. The summed E-state index contributed by atoms with van der Waals surface area (Å²) in [6.07, 6.45) is 1.98. The number of nitrogen functional groups attached to an aromatic ring is 1. The Balaban J connectivity index is 1.54. The number of carbonyl (C=O) groups is 1. The molecule has 0 saturated carbocycles. The summed E-state index contributed by atoms with van der Waals surface area (Å²) < 4.78 is 5.08. The lowest BCUT2D eigenvalue weighted by atomic mass is 9.96. The molecule has 21 heavy (non-hydrogen) atoms. The van der Waals surface area contributed by atoms with Crippen LogP contribution in [0.5, 0.6) is 0 Å². The van der Waals surface area contributed by atoms with Crippen molar-refractivity contribution in [1.82, 2.24) is 25.2 Å². The van der Waals surface area contributed by atoms with Crippen molar-refractivity contribution in [3.05, 3.63) is 23.3 Å². The Morgan fingerprint density at radius 2 is 2.29 bits per heavy atom. The van der Waals surface area contributed by atoms with Gasteiger partial charge in [0.15, 0.2) is 0 Å². The highest BCUT2D eigenvalue weighted by Crippen LogP contribution is 2.26. The average Bonchev–Trinajstić information content (AvgIpc) is 3.08. The van der Waals surface area contributed by atoms with E-state index in [4.69, 9.17) is 10.3 Å². The van der Waals surface area contributed by atoms with Gasteiger partial charge in [0, 0.05) is 25.1 Å². The number of aryl methyl sites for hydroxylation is 1. The van der Waals surface area contributed by atoms with E-state index in [1.165, 1.54) is 0 Å². The van der Waals surface area contributed by atoms with Crippen molar-refractivity contribution in [1.29, 1.82) is 0 Å². The smallest absolute Gasteiger partial charge is 0.239 e. The van der Waals surface area contributed by atoms with Crippen molar-refractivity contribution in [3.63, 3.8) is 0 Å². The summed E-state index contributed by atoms with van der Waals surface area (Å²) in [6, 6.07) is 1.79. The van der Waals surface area contributed by atoms with Gasteiger partial charge in [0.2, 0.25) is 11.9 Å². The predicted octanol–water partition coefficient (Wildman–Crippen LogP) is 0.632. The third kappa shape index (κ3) is 3.04. The molecule has 1 amide bonds. The molecule has 3 rings (SSSR count). The molecule has 2 aromatic rings. The van der Waals surface area contributed by atoms with Crippen LogP contribution in [0.3, 0.4) is 0 Å². The molecule has 3 heterocycles. The molecule has 8 heteroatoms. The summed E-state index contributed by atoms with van der Waals surface area (Å²) in [5, 5.41) is 10.5. The molecule has 1 fully saturated rings. The summed E-state index contributed by atoms with van der Waals surface area (Å²) in [4.78, 5) is 18.2. The van der Waals surface area contributed by atoms with Gasteiger partial charge in [0.25, 0.3) is 0 Å². The normalized spacial score (nSPS) is 16.3. The molecule has 0 bridgehead atoms. The number of aromatic amines is 1. The molecule has 3 N–H and O–H groups in total. The number of rotatable bonds is 3. The van der Waals surface area contributed by atoms with E-state index in [0.717, 1.165) is 24.4 Å². The highest BCUT2D eigenvalue weighted by atomic mass is 16.5. The van der Waals surface area contributed by atoms with E-state index in [9.17, 15) is 4.79 Å². The van der Waals surface area contributed by atoms with Crippen LogP contribution in [0.15, 0.2) is 10.6 Å². The van der Waals surface area contributed by atoms with E-state index in [0.29, 0.717) is 18.8 Å². The molecular formula is C13H18N6O2. The molecule has 0 spiro atoms. The molecule has 0 unspecified atom stereocenters. The van der Waals surface area contributed by atoms with E-state index in [1.807, 2.05) is 11.8 Å². The first-order valence-corrected chi connectivity index (χ1v) is 6.99. The largest absolute Gasteiger partial charge is 0.367 e. The van der Waals surface area contributed by atoms with Gasteiger partial charge >= 0.3 is 0 Å². The van der Waals surface area contributed by atoms with Gasteiger partial charge in [0.1, 0.15) is 11.6 Å². The summed E-state index contributed by atoms with van der Waals surface area (Å²) in [5.74, 6) is 2.05. The molecule has 8 nitrogen and oxygen atoms in total. The van der Waals surface area contributed by atoms with Gasteiger partial charge < -0.3 is 15.2 Å². The third-order valence-electron chi connectivity index (χ3n) is 3.76. The molecule has 1 saturated heterocycles. The first-order chi connectivity index (χ1) is 10.1. The van der Waals surface area contributed by atoms with Crippen molar-refractivity contribution >= 4 is 11.9 Å². The Morgan fingerprint density at radius 1 is 1.52 bits per heavy atom. The maximum Gasteiger partial charge on any atom is 0.239 e. The van der Waals surface area contributed by atoms with E-state index in [2.05, 4.69) is 20.3 Å². The zero-order valence-corrected chi connectivity index (χ0v) is 11.9. The number of hydrogen-bond acceptors (Lipinski definition) is 6. The van der Waals surface area contributed by atoms with Gasteiger partial charge in [-0.25, -0.2) is 0 Å². The van der Waals surface area contributed by atoms with E-state index in [1.54, 1.807) is 6.07 Å². The van der Waals surface area contributed by atoms with Crippen LogP contribution in [0.2, 0.25) is 0 Å². The van der Waals surface area contributed by atoms with Crippen LogP contribution in [-0.4, -0.2) is 44.2 Å². The predicted molar refractivity (Wildman–Crippen MR) is 74.3 cm³/mol. The van der Waals surface area contributed by atoms with Gasteiger partial charge in [-0.2, -0.15) is 4.98 Å². The monoisotopic (exact) mass is 290 g/mol. The van der Waals surface area contributed by atoms with E-state index < -0.39 is 0 Å². The average molecular weight is 290 g/mol. The fourth-order valence-electron chi connectivity index (χ4n) is 2.63.